The number of hydrogen-bond donors (Lipinski definition) is 2. The van der Waals surface area contributed by atoms with Crippen LogP contribution in [0.2, 0.25) is 0 Å². The molecule has 94 valence electrons. The molecule has 4 nitrogen and oxygen atoms in total. The van der Waals surface area contributed by atoms with Gasteiger partial charge in [0, 0.05) is 25.7 Å². The van der Waals surface area contributed by atoms with Gasteiger partial charge in [0.2, 0.25) is 0 Å². The average Bonchev–Trinajstić information content (AvgIpc) is 2.67. The summed E-state index contributed by atoms with van der Waals surface area (Å²) in [5, 5.41) is 12.8. The number of ether oxygens (including phenoxy) is 1. The third kappa shape index (κ3) is 3.17. The summed E-state index contributed by atoms with van der Waals surface area (Å²) < 4.78 is 5.81. The molecule has 16 heavy (non-hydrogen) atoms. The van der Waals surface area contributed by atoms with Crippen LogP contribution < -0.4 is 5.32 Å². The van der Waals surface area contributed by atoms with Crippen molar-refractivity contribution < 1.29 is 9.84 Å². The van der Waals surface area contributed by atoms with Crippen molar-refractivity contribution in [1.29, 1.82) is 0 Å². The Morgan fingerprint density at radius 1 is 1.50 bits per heavy atom. The van der Waals surface area contributed by atoms with Gasteiger partial charge in [-0.2, -0.15) is 0 Å². The zero-order valence-corrected chi connectivity index (χ0v) is 10.4. The highest BCUT2D eigenvalue weighted by Crippen LogP contribution is 2.21. The molecular weight excluding hydrogens is 204 g/mol. The van der Waals surface area contributed by atoms with Gasteiger partial charge in [-0.25, -0.2) is 0 Å². The molecular formula is C12H24N2O2. The van der Waals surface area contributed by atoms with Crippen molar-refractivity contribution in [3.05, 3.63) is 0 Å². The van der Waals surface area contributed by atoms with E-state index < -0.39 is 0 Å². The van der Waals surface area contributed by atoms with E-state index in [2.05, 4.69) is 24.1 Å². The van der Waals surface area contributed by atoms with Crippen LogP contribution >= 0.6 is 0 Å². The van der Waals surface area contributed by atoms with E-state index in [1.807, 2.05) is 0 Å². The van der Waals surface area contributed by atoms with Gasteiger partial charge in [0.15, 0.2) is 0 Å². The molecule has 0 aromatic heterocycles. The van der Waals surface area contributed by atoms with Crippen molar-refractivity contribution in [2.75, 3.05) is 32.8 Å². The highest BCUT2D eigenvalue weighted by molar-refractivity contribution is 4.87. The fourth-order valence-electron chi connectivity index (χ4n) is 2.88. The van der Waals surface area contributed by atoms with Gasteiger partial charge >= 0.3 is 0 Å². The predicted octanol–water partition coefficient (Wildman–Crippen LogP) is 0.210. The molecule has 2 heterocycles. The number of rotatable bonds is 3. The molecule has 2 N–H and O–H groups in total. The Hall–Kier alpha value is -0.160. The Bertz CT molecular complexity index is 227. The average molecular weight is 228 g/mol. The van der Waals surface area contributed by atoms with Gasteiger partial charge in [-0.1, -0.05) is 0 Å². The number of hydrogen-bond acceptors (Lipinski definition) is 4. The fraction of sp³-hybridized carbons (Fsp3) is 1.00. The zero-order valence-electron chi connectivity index (χ0n) is 10.4. The summed E-state index contributed by atoms with van der Waals surface area (Å²) >= 11 is 0. The summed E-state index contributed by atoms with van der Waals surface area (Å²) in [4.78, 5) is 2.42. The standard InChI is InChI=1S/C12H24N2O2/c1-12(2)9-14(7-11(8-15)16-12)6-10-4-3-5-13-10/h10-11,13,15H,3-9H2,1-2H3. The van der Waals surface area contributed by atoms with Crippen LogP contribution in [0.25, 0.3) is 0 Å². The third-order valence-corrected chi connectivity index (χ3v) is 3.40. The van der Waals surface area contributed by atoms with Crippen molar-refractivity contribution >= 4 is 0 Å². The quantitative estimate of drug-likeness (QED) is 0.725. The molecule has 2 unspecified atom stereocenters. The van der Waals surface area contributed by atoms with E-state index in [0.717, 1.165) is 26.2 Å². The van der Waals surface area contributed by atoms with Gasteiger partial charge in [0.1, 0.15) is 0 Å². The number of morpholine rings is 1. The van der Waals surface area contributed by atoms with Gasteiger partial charge in [-0.15, -0.1) is 0 Å². The maximum Gasteiger partial charge on any atom is 0.0940 e. The number of aliphatic hydroxyl groups excluding tert-OH is 1. The maximum atomic E-state index is 9.23. The van der Waals surface area contributed by atoms with Crippen molar-refractivity contribution in [1.82, 2.24) is 10.2 Å². The van der Waals surface area contributed by atoms with E-state index in [-0.39, 0.29) is 18.3 Å². The molecule has 0 radical (unpaired) electrons. The second-order valence-corrected chi connectivity index (χ2v) is 5.67. The summed E-state index contributed by atoms with van der Waals surface area (Å²) in [7, 11) is 0. The van der Waals surface area contributed by atoms with E-state index in [0.29, 0.717) is 6.04 Å². The lowest BCUT2D eigenvalue weighted by molar-refractivity contribution is -0.149. The Kier molecular flexibility index (Phi) is 3.85. The summed E-state index contributed by atoms with van der Waals surface area (Å²) in [6.07, 6.45) is 2.55. The summed E-state index contributed by atoms with van der Waals surface area (Å²) in [6, 6.07) is 0.633. The second-order valence-electron chi connectivity index (χ2n) is 5.67. The van der Waals surface area contributed by atoms with Crippen LogP contribution in [0, 0.1) is 0 Å². The number of aliphatic hydroxyl groups is 1. The molecule has 0 bridgehead atoms. The lowest BCUT2D eigenvalue weighted by Crippen LogP contribution is -2.55. The van der Waals surface area contributed by atoms with Gasteiger partial charge in [-0.05, 0) is 33.2 Å². The molecule has 2 aliphatic heterocycles. The first-order valence-electron chi connectivity index (χ1n) is 6.33. The summed E-state index contributed by atoms with van der Waals surface area (Å²) in [6.45, 7) is 8.39. The fourth-order valence-corrected chi connectivity index (χ4v) is 2.88. The normalized spacial score (nSPS) is 35.4. The Labute approximate surface area is 98.0 Å². The van der Waals surface area contributed by atoms with Crippen molar-refractivity contribution in [2.24, 2.45) is 0 Å². The van der Waals surface area contributed by atoms with E-state index in [4.69, 9.17) is 4.74 Å². The first-order chi connectivity index (χ1) is 7.59. The van der Waals surface area contributed by atoms with Crippen molar-refractivity contribution in [2.45, 2.75) is 44.4 Å². The first kappa shape index (κ1) is 12.3. The highest BCUT2D eigenvalue weighted by Gasteiger charge is 2.34. The molecule has 0 aromatic rings. The van der Waals surface area contributed by atoms with Crippen LogP contribution in [0.5, 0.6) is 0 Å². The molecule has 2 aliphatic rings. The van der Waals surface area contributed by atoms with Gasteiger partial charge in [0.05, 0.1) is 18.3 Å². The molecule has 2 saturated heterocycles. The van der Waals surface area contributed by atoms with Crippen LogP contribution in [0.3, 0.4) is 0 Å². The highest BCUT2D eigenvalue weighted by atomic mass is 16.5. The largest absolute Gasteiger partial charge is 0.394 e. The van der Waals surface area contributed by atoms with E-state index in [9.17, 15) is 5.11 Å². The maximum absolute atomic E-state index is 9.23. The molecule has 0 aromatic carbocycles. The molecule has 4 heteroatoms. The first-order valence-corrected chi connectivity index (χ1v) is 6.33. The minimum Gasteiger partial charge on any atom is -0.394 e. The Balaban J connectivity index is 1.87. The SMILES string of the molecule is CC1(C)CN(CC2CCCN2)CC(CO)O1. The van der Waals surface area contributed by atoms with Crippen LogP contribution in [-0.2, 0) is 4.74 Å². The van der Waals surface area contributed by atoms with Crippen LogP contribution in [0.1, 0.15) is 26.7 Å². The minimum absolute atomic E-state index is 0.0230. The van der Waals surface area contributed by atoms with Crippen molar-refractivity contribution in [3.8, 4) is 0 Å². The van der Waals surface area contributed by atoms with Gasteiger partial charge in [0.25, 0.3) is 0 Å². The van der Waals surface area contributed by atoms with Crippen LogP contribution in [0.15, 0.2) is 0 Å². The topological polar surface area (TPSA) is 44.7 Å². The van der Waals surface area contributed by atoms with E-state index >= 15 is 0 Å². The molecule has 0 spiro atoms. The van der Waals surface area contributed by atoms with Crippen molar-refractivity contribution in [3.63, 3.8) is 0 Å². The van der Waals surface area contributed by atoms with Gasteiger partial charge < -0.3 is 15.2 Å². The second kappa shape index (κ2) is 5.00. The third-order valence-electron chi connectivity index (χ3n) is 3.40. The smallest absolute Gasteiger partial charge is 0.0940 e. The molecule has 2 fully saturated rings. The predicted molar refractivity (Wildman–Crippen MR) is 63.5 cm³/mol. The number of nitrogens with one attached hydrogen (secondary N) is 1. The van der Waals surface area contributed by atoms with Crippen LogP contribution in [-0.4, -0.2) is 60.5 Å². The van der Waals surface area contributed by atoms with E-state index in [1.165, 1.54) is 12.8 Å². The molecule has 2 atom stereocenters. The zero-order chi connectivity index (χ0) is 11.6. The van der Waals surface area contributed by atoms with Gasteiger partial charge in [-0.3, -0.25) is 4.90 Å². The monoisotopic (exact) mass is 228 g/mol. The summed E-state index contributed by atoms with van der Waals surface area (Å²) in [5.41, 5.74) is -0.135. The Morgan fingerprint density at radius 3 is 2.94 bits per heavy atom. The summed E-state index contributed by atoms with van der Waals surface area (Å²) in [5.74, 6) is 0. The molecule has 0 amide bonds. The van der Waals surface area contributed by atoms with E-state index in [1.54, 1.807) is 0 Å². The molecule has 0 saturated carbocycles. The molecule has 0 aliphatic carbocycles. The molecule has 2 rings (SSSR count). The lowest BCUT2D eigenvalue weighted by Gasteiger charge is -2.43. The van der Waals surface area contributed by atoms with Crippen LogP contribution in [0.4, 0.5) is 0 Å². The Morgan fingerprint density at radius 2 is 2.31 bits per heavy atom. The lowest BCUT2D eigenvalue weighted by atomic mass is 10.0. The minimum atomic E-state index is -0.135. The number of nitrogens with zero attached hydrogens (tertiary/aromatic N) is 1.